The molecule has 2 aromatic heterocycles. The van der Waals surface area contributed by atoms with Crippen molar-refractivity contribution < 1.29 is 8.83 Å². The Hall–Kier alpha value is -1.58. The van der Waals surface area contributed by atoms with Gasteiger partial charge in [0.2, 0.25) is 0 Å². The molecule has 2 heterocycles. The zero-order chi connectivity index (χ0) is 23.5. The van der Waals surface area contributed by atoms with Crippen LogP contribution in [0.25, 0.3) is 0 Å². The quantitative estimate of drug-likeness (QED) is 0.210. The van der Waals surface area contributed by atoms with Crippen molar-refractivity contribution in [3.8, 4) is 0 Å². The van der Waals surface area contributed by atoms with Crippen LogP contribution in [0, 0.1) is 0 Å². The van der Waals surface area contributed by atoms with Gasteiger partial charge in [0.05, 0.1) is 12.4 Å². The Labute approximate surface area is 202 Å². The monoisotopic (exact) mass is 456 g/mol. The van der Waals surface area contributed by atoms with Crippen LogP contribution in [-0.2, 0) is 0 Å². The predicted molar refractivity (Wildman–Crippen MR) is 136 cm³/mol. The SMILES string of the molecule is CCCCCC(C)c1cnc(C2CCCC(c3ncc(C(CCC)CCCCC)o3)CC2)o1. The second-order valence-electron chi connectivity index (χ2n) is 10.5. The van der Waals surface area contributed by atoms with Crippen LogP contribution in [0.5, 0.6) is 0 Å². The maximum absolute atomic E-state index is 6.40. The number of nitrogens with zero attached hydrogens (tertiary/aromatic N) is 2. The highest BCUT2D eigenvalue weighted by Crippen LogP contribution is 2.39. The molecule has 1 aliphatic carbocycles. The minimum Gasteiger partial charge on any atom is -0.445 e. The summed E-state index contributed by atoms with van der Waals surface area (Å²) in [6, 6.07) is 0. The van der Waals surface area contributed by atoms with Gasteiger partial charge in [-0.05, 0) is 44.9 Å². The molecule has 186 valence electrons. The maximum atomic E-state index is 6.40. The molecule has 1 aliphatic rings. The Bertz CT molecular complexity index is 780. The Balaban J connectivity index is 1.56. The molecule has 1 fully saturated rings. The summed E-state index contributed by atoms with van der Waals surface area (Å²) < 4.78 is 12.7. The van der Waals surface area contributed by atoms with E-state index < -0.39 is 0 Å². The van der Waals surface area contributed by atoms with Crippen molar-refractivity contribution in [2.24, 2.45) is 0 Å². The van der Waals surface area contributed by atoms with E-state index in [1.165, 1.54) is 70.6 Å². The molecule has 0 aliphatic heterocycles. The fourth-order valence-electron chi connectivity index (χ4n) is 5.45. The maximum Gasteiger partial charge on any atom is 0.197 e. The highest BCUT2D eigenvalue weighted by molar-refractivity contribution is 5.07. The molecule has 4 unspecified atom stereocenters. The summed E-state index contributed by atoms with van der Waals surface area (Å²) >= 11 is 0. The van der Waals surface area contributed by atoms with Crippen molar-refractivity contribution in [1.82, 2.24) is 9.97 Å². The summed E-state index contributed by atoms with van der Waals surface area (Å²) in [6.45, 7) is 9.08. The summed E-state index contributed by atoms with van der Waals surface area (Å²) in [5, 5.41) is 0. The van der Waals surface area contributed by atoms with Crippen LogP contribution in [-0.4, -0.2) is 9.97 Å². The van der Waals surface area contributed by atoms with Gasteiger partial charge < -0.3 is 8.83 Å². The van der Waals surface area contributed by atoms with E-state index in [1.54, 1.807) is 0 Å². The van der Waals surface area contributed by atoms with Crippen LogP contribution in [0.2, 0.25) is 0 Å². The van der Waals surface area contributed by atoms with E-state index >= 15 is 0 Å². The lowest BCUT2D eigenvalue weighted by molar-refractivity contribution is 0.356. The molecule has 2 aromatic rings. The van der Waals surface area contributed by atoms with Crippen molar-refractivity contribution in [3.63, 3.8) is 0 Å². The molecule has 0 saturated heterocycles. The number of hydrogen-bond donors (Lipinski definition) is 0. The van der Waals surface area contributed by atoms with Gasteiger partial charge in [-0.3, -0.25) is 0 Å². The number of unbranched alkanes of at least 4 members (excludes halogenated alkanes) is 4. The van der Waals surface area contributed by atoms with Gasteiger partial charge in [-0.2, -0.15) is 0 Å². The standard InChI is InChI=1S/C29H48N2O2/c1-5-8-10-14-22(4)26-20-30-28(32-26)24-16-12-17-25(19-18-24)29-31-21-27(33-29)23(13-7-3)15-11-9-6-2/h20-25H,5-19H2,1-4H3. The lowest BCUT2D eigenvalue weighted by Gasteiger charge is -2.14. The first-order valence-corrected chi connectivity index (χ1v) is 14.1. The van der Waals surface area contributed by atoms with Crippen LogP contribution in [0.15, 0.2) is 21.2 Å². The summed E-state index contributed by atoms with van der Waals surface area (Å²) in [5.41, 5.74) is 0. The third-order valence-electron chi connectivity index (χ3n) is 7.67. The van der Waals surface area contributed by atoms with E-state index in [0.717, 1.165) is 49.0 Å². The molecule has 33 heavy (non-hydrogen) atoms. The molecule has 4 nitrogen and oxygen atoms in total. The molecule has 0 radical (unpaired) electrons. The Morgan fingerprint density at radius 3 is 1.91 bits per heavy atom. The molecule has 0 amide bonds. The molecule has 0 aromatic carbocycles. The zero-order valence-electron chi connectivity index (χ0n) is 21.8. The van der Waals surface area contributed by atoms with Gasteiger partial charge in [-0.25, -0.2) is 9.97 Å². The first kappa shape index (κ1) is 26.0. The molecule has 0 bridgehead atoms. The first-order valence-electron chi connectivity index (χ1n) is 14.1. The number of aromatic nitrogens is 2. The average molecular weight is 457 g/mol. The van der Waals surface area contributed by atoms with Gasteiger partial charge in [0.15, 0.2) is 11.8 Å². The fraction of sp³-hybridized carbons (Fsp3) is 0.793. The number of oxazole rings is 2. The molecular weight excluding hydrogens is 408 g/mol. The zero-order valence-corrected chi connectivity index (χ0v) is 21.8. The molecule has 3 rings (SSSR count). The van der Waals surface area contributed by atoms with Crippen molar-refractivity contribution in [2.45, 2.75) is 148 Å². The summed E-state index contributed by atoms with van der Waals surface area (Å²) in [7, 11) is 0. The second-order valence-corrected chi connectivity index (χ2v) is 10.5. The van der Waals surface area contributed by atoms with Crippen LogP contribution in [0.1, 0.15) is 171 Å². The second kappa shape index (κ2) is 14.0. The van der Waals surface area contributed by atoms with Gasteiger partial charge in [0.1, 0.15) is 11.5 Å². The van der Waals surface area contributed by atoms with Gasteiger partial charge in [0, 0.05) is 23.7 Å². The molecule has 0 N–H and O–H groups in total. The van der Waals surface area contributed by atoms with Crippen molar-refractivity contribution in [2.75, 3.05) is 0 Å². The van der Waals surface area contributed by atoms with Gasteiger partial charge in [-0.15, -0.1) is 0 Å². The van der Waals surface area contributed by atoms with Crippen LogP contribution >= 0.6 is 0 Å². The third kappa shape index (κ3) is 7.72. The summed E-state index contributed by atoms with van der Waals surface area (Å²) in [4.78, 5) is 9.47. The predicted octanol–water partition coefficient (Wildman–Crippen LogP) is 9.64. The topological polar surface area (TPSA) is 52.1 Å². The molecule has 4 atom stereocenters. The summed E-state index contributed by atoms with van der Waals surface area (Å²) in [6.07, 6.45) is 22.3. The molecule has 0 spiro atoms. The lowest BCUT2D eigenvalue weighted by atomic mass is 9.94. The molecule has 1 saturated carbocycles. The van der Waals surface area contributed by atoms with E-state index in [1.807, 2.05) is 12.4 Å². The minimum atomic E-state index is 0.433. The number of hydrogen-bond acceptors (Lipinski definition) is 4. The lowest BCUT2D eigenvalue weighted by Crippen LogP contribution is -2.00. The van der Waals surface area contributed by atoms with Gasteiger partial charge in [0.25, 0.3) is 0 Å². The molecular formula is C29H48N2O2. The van der Waals surface area contributed by atoms with Crippen LogP contribution in [0.4, 0.5) is 0 Å². The van der Waals surface area contributed by atoms with Gasteiger partial charge >= 0.3 is 0 Å². The normalized spacial score (nSPS) is 21.1. The van der Waals surface area contributed by atoms with Crippen molar-refractivity contribution in [1.29, 1.82) is 0 Å². The van der Waals surface area contributed by atoms with E-state index in [0.29, 0.717) is 23.7 Å². The van der Waals surface area contributed by atoms with E-state index in [4.69, 9.17) is 18.8 Å². The summed E-state index contributed by atoms with van der Waals surface area (Å²) in [5.74, 6) is 6.00. The smallest absolute Gasteiger partial charge is 0.197 e. The van der Waals surface area contributed by atoms with E-state index in [2.05, 4.69) is 27.7 Å². The Kier molecular flexibility index (Phi) is 11.0. The van der Waals surface area contributed by atoms with Gasteiger partial charge in [-0.1, -0.05) is 79.1 Å². The highest BCUT2D eigenvalue weighted by atomic mass is 16.4. The Morgan fingerprint density at radius 2 is 1.30 bits per heavy atom. The van der Waals surface area contributed by atoms with Crippen molar-refractivity contribution in [3.05, 3.63) is 35.7 Å². The average Bonchev–Trinajstić information content (AvgIpc) is 3.45. The molecule has 4 heteroatoms. The third-order valence-corrected chi connectivity index (χ3v) is 7.67. The van der Waals surface area contributed by atoms with Crippen LogP contribution < -0.4 is 0 Å². The first-order chi connectivity index (χ1) is 16.2. The van der Waals surface area contributed by atoms with Crippen LogP contribution in [0.3, 0.4) is 0 Å². The largest absolute Gasteiger partial charge is 0.445 e. The van der Waals surface area contributed by atoms with E-state index in [-0.39, 0.29) is 0 Å². The van der Waals surface area contributed by atoms with E-state index in [9.17, 15) is 0 Å². The number of rotatable bonds is 14. The highest BCUT2D eigenvalue weighted by Gasteiger charge is 2.28. The minimum absolute atomic E-state index is 0.433. The Morgan fingerprint density at radius 1 is 0.727 bits per heavy atom. The van der Waals surface area contributed by atoms with Crippen molar-refractivity contribution >= 4 is 0 Å². The fourth-order valence-corrected chi connectivity index (χ4v) is 5.45.